The average Bonchev–Trinajstić information content (AvgIpc) is 2.40. The summed E-state index contributed by atoms with van der Waals surface area (Å²) in [4.78, 5) is 0. The number of anilines is 1. The summed E-state index contributed by atoms with van der Waals surface area (Å²) in [6.45, 7) is 2.20. The van der Waals surface area contributed by atoms with Gasteiger partial charge >= 0.3 is 0 Å². The Labute approximate surface area is 102 Å². The maximum absolute atomic E-state index is 3.58. The third-order valence-electron chi connectivity index (χ3n) is 3.28. The molecule has 0 fully saturated rings. The molecule has 0 spiro atoms. The molecule has 17 heavy (non-hydrogen) atoms. The molecule has 0 bridgehead atoms. The van der Waals surface area contributed by atoms with Gasteiger partial charge in [-0.25, -0.2) is 0 Å². The van der Waals surface area contributed by atoms with Gasteiger partial charge in [0.1, 0.15) is 6.17 Å². The van der Waals surface area contributed by atoms with E-state index in [-0.39, 0.29) is 6.17 Å². The van der Waals surface area contributed by atoms with Crippen LogP contribution < -0.4 is 10.6 Å². The molecular formula is C15H16N2. The van der Waals surface area contributed by atoms with Crippen molar-refractivity contribution in [1.29, 1.82) is 0 Å². The average molecular weight is 224 g/mol. The molecule has 0 aromatic heterocycles. The van der Waals surface area contributed by atoms with Crippen molar-refractivity contribution in [2.45, 2.75) is 19.1 Å². The Morgan fingerprint density at radius 1 is 0.882 bits per heavy atom. The smallest absolute Gasteiger partial charge is 0.104 e. The van der Waals surface area contributed by atoms with E-state index in [9.17, 15) is 0 Å². The van der Waals surface area contributed by atoms with E-state index in [1.165, 1.54) is 16.8 Å². The van der Waals surface area contributed by atoms with Crippen LogP contribution in [0.4, 0.5) is 5.69 Å². The molecule has 2 aromatic carbocycles. The molecule has 0 unspecified atom stereocenters. The van der Waals surface area contributed by atoms with Gasteiger partial charge in [-0.1, -0.05) is 48.5 Å². The van der Waals surface area contributed by atoms with Crippen LogP contribution in [0.3, 0.4) is 0 Å². The van der Waals surface area contributed by atoms with Crippen LogP contribution in [-0.2, 0) is 0 Å². The zero-order chi connectivity index (χ0) is 11.7. The van der Waals surface area contributed by atoms with Gasteiger partial charge in [0.15, 0.2) is 0 Å². The standard InChI is InChI=1S/C15H16N2/c1-11-13-9-5-6-10-14(13)17-15(16-11)12-7-3-2-4-8-12/h2-11,15-17H,1H3/t11-,15-/m0/s1. The van der Waals surface area contributed by atoms with Gasteiger partial charge in [-0.3, -0.25) is 5.32 Å². The van der Waals surface area contributed by atoms with Gasteiger partial charge < -0.3 is 5.32 Å². The van der Waals surface area contributed by atoms with Gasteiger partial charge in [0, 0.05) is 11.7 Å². The van der Waals surface area contributed by atoms with Crippen molar-refractivity contribution in [2.24, 2.45) is 0 Å². The Balaban J connectivity index is 1.94. The molecule has 2 aromatic rings. The van der Waals surface area contributed by atoms with Crippen molar-refractivity contribution in [1.82, 2.24) is 5.32 Å². The highest BCUT2D eigenvalue weighted by Crippen LogP contribution is 2.32. The van der Waals surface area contributed by atoms with E-state index >= 15 is 0 Å². The van der Waals surface area contributed by atoms with Crippen LogP contribution in [0.25, 0.3) is 0 Å². The Morgan fingerprint density at radius 2 is 1.59 bits per heavy atom. The molecule has 2 nitrogen and oxygen atoms in total. The van der Waals surface area contributed by atoms with Gasteiger partial charge in [0.05, 0.1) is 0 Å². The molecule has 2 heteroatoms. The van der Waals surface area contributed by atoms with Crippen LogP contribution in [0.15, 0.2) is 54.6 Å². The molecule has 1 aliphatic heterocycles. The van der Waals surface area contributed by atoms with Crippen LogP contribution in [0.1, 0.15) is 30.3 Å². The highest BCUT2D eigenvalue weighted by molar-refractivity contribution is 5.55. The lowest BCUT2D eigenvalue weighted by Crippen LogP contribution is -2.35. The van der Waals surface area contributed by atoms with E-state index in [1.807, 2.05) is 6.07 Å². The summed E-state index contributed by atoms with van der Waals surface area (Å²) in [6.07, 6.45) is 0.195. The lowest BCUT2D eigenvalue weighted by molar-refractivity contribution is 0.484. The van der Waals surface area contributed by atoms with E-state index in [1.54, 1.807) is 0 Å². The Hall–Kier alpha value is -1.80. The van der Waals surface area contributed by atoms with E-state index in [0.29, 0.717) is 6.04 Å². The van der Waals surface area contributed by atoms with Crippen molar-refractivity contribution < 1.29 is 0 Å². The zero-order valence-electron chi connectivity index (χ0n) is 9.85. The number of hydrogen-bond donors (Lipinski definition) is 2. The van der Waals surface area contributed by atoms with E-state index in [0.717, 1.165) is 0 Å². The van der Waals surface area contributed by atoms with Crippen LogP contribution in [0.2, 0.25) is 0 Å². The number of rotatable bonds is 1. The number of hydrogen-bond acceptors (Lipinski definition) is 2. The van der Waals surface area contributed by atoms with Gasteiger partial charge in [-0.05, 0) is 24.1 Å². The summed E-state index contributed by atoms with van der Waals surface area (Å²) in [5, 5.41) is 7.11. The molecule has 0 radical (unpaired) electrons. The molecule has 86 valence electrons. The number of benzene rings is 2. The van der Waals surface area contributed by atoms with Crippen LogP contribution >= 0.6 is 0 Å². The zero-order valence-corrected chi connectivity index (χ0v) is 9.85. The van der Waals surface area contributed by atoms with Crippen molar-refractivity contribution in [3.63, 3.8) is 0 Å². The summed E-state index contributed by atoms with van der Waals surface area (Å²) in [7, 11) is 0. The topological polar surface area (TPSA) is 24.1 Å². The summed E-state index contributed by atoms with van der Waals surface area (Å²) in [5.74, 6) is 0. The first-order valence-electron chi connectivity index (χ1n) is 6.01. The van der Waals surface area contributed by atoms with Gasteiger partial charge in [0.25, 0.3) is 0 Å². The molecule has 1 heterocycles. The Morgan fingerprint density at radius 3 is 2.41 bits per heavy atom. The molecular weight excluding hydrogens is 208 g/mol. The first kappa shape index (κ1) is 10.4. The highest BCUT2D eigenvalue weighted by Gasteiger charge is 2.22. The van der Waals surface area contributed by atoms with Crippen molar-refractivity contribution in [3.05, 3.63) is 65.7 Å². The predicted octanol–water partition coefficient (Wildman–Crippen LogP) is 3.46. The second kappa shape index (κ2) is 4.22. The molecule has 2 atom stereocenters. The maximum atomic E-state index is 3.58. The summed E-state index contributed by atoms with van der Waals surface area (Å²) < 4.78 is 0. The molecule has 0 amide bonds. The van der Waals surface area contributed by atoms with Crippen molar-refractivity contribution >= 4 is 5.69 Å². The molecule has 0 aliphatic carbocycles. The number of fused-ring (bicyclic) bond motifs is 1. The van der Waals surface area contributed by atoms with E-state index < -0.39 is 0 Å². The first-order chi connectivity index (χ1) is 8.34. The first-order valence-corrected chi connectivity index (χ1v) is 6.01. The fraction of sp³-hybridized carbons (Fsp3) is 0.200. The second-order valence-electron chi connectivity index (χ2n) is 4.46. The molecule has 1 aliphatic rings. The van der Waals surface area contributed by atoms with E-state index in [2.05, 4.69) is 66.1 Å². The van der Waals surface area contributed by atoms with Gasteiger partial charge in [-0.2, -0.15) is 0 Å². The third-order valence-corrected chi connectivity index (χ3v) is 3.28. The number of para-hydroxylation sites is 1. The van der Waals surface area contributed by atoms with Gasteiger partial charge in [-0.15, -0.1) is 0 Å². The lowest BCUT2D eigenvalue weighted by Gasteiger charge is -2.33. The molecule has 2 N–H and O–H groups in total. The minimum Gasteiger partial charge on any atom is -0.366 e. The largest absolute Gasteiger partial charge is 0.366 e. The third kappa shape index (κ3) is 1.92. The fourth-order valence-corrected chi connectivity index (χ4v) is 2.37. The van der Waals surface area contributed by atoms with Crippen LogP contribution in [0, 0.1) is 0 Å². The molecule has 0 saturated carbocycles. The maximum Gasteiger partial charge on any atom is 0.104 e. The summed E-state index contributed by atoms with van der Waals surface area (Å²) >= 11 is 0. The lowest BCUT2D eigenvalue weighted by atomic mass is 10.0. The van der Waals surface area contributed by atoms with Crippen molar-refractivity contribution in [3.8, 4) is 0 Å². The number of nitrogens with one attached hydrogen (secondary N) is 2. The Bertz CT molecular complexity index is 507. The predicted molar refractivity (Wildman–Crippen MR) is 70.8 cm³/mol. The van der Waals surface area contributed by atoms with Crippen LogP contribution in [-0.4, -0.2) is 0 Å². The van der Waals surface area contributed by atoms with Gasteiger partial charge in [0.2, 0.25) is 0 Å². The summed E-state index contributed by atoms with van der Waals surface area (Å²) in [5.41, 5.74) is 3.83. The monoisotopic (exact) mass is 224 g/mol. The second-order valence-corrected chi connectivity index (χ2v) is 4.46. The van der Waals surface area contributed by atoms with Crippen molar-refractivity contribution in [2.75, 3.05) is 5.32 Å². The highest BCUT2D eigenvalue weighted by atomic mass is 15.2. The minimum absolute atomic E-state index is 0.195. The SMILES string of the molecule is C[C@@H]1N[C@H](c2ccccc2)Nc2ccccc21. The van der Waals surface area contributed by atoms with E-state index in [4.69, 9.17) is 0 Å². The molecule has 0 saturated heterocycles. The van der Waals surface area contributed by atoms with Crippen LogP contribution in [0.5, 0.6) is 0 Å². The normalized spacial score (nSPS) is 22.6. The quantitative estimate of drug-likeness (QED) is 0.775. The minimum atomic E-state index is 0.195. The Kier molecular flexibility index (Phi) is 2.57. The molecule has 3 rings (SSSR count). The summed E-state index contributed by atoms with van der Waals surface area (Å²) in [6, 6.07) is 19.3. The fourth-order valence-electron chi connectivity index (χ4n) is 2.37.